The smallest absolute Gasteiger partial charge is 0.242 e. The molecule has 4 rings (SSSR count). The van der Waals surface area contributed by atoms with Crippen LogP contribution in [0.25, 0.3) is 0 Å². The van der Waals surface area contributed by atoms with Crippen LogP contribution in [0.1, 0.15) is 16.4 Å². The molecule has 3 aromatic carbocycles. The van der Waals surface area contributed by atoms with Gasteiger partial charge in [-0.2, -0.15) is 0 Å². The molecule has 0 spiro atoms. The van der Waals surface area contributed by atoms with Gasteiger partial charge in [-0.05, 0) is 39.8 Å². The SMILES string of the molecule is COc1ccc(NC(=O)C(Sc2nnnn2Cc2ccccc2)c2ccccc2)cc1Cl. The van der Waals surface area contributed by atoms with E-state index in [2.05, 4.69) is 20.8 Å². The lowest BCUT2D eigenvalue weighted by atomic mass is 10.1. The summed E-state index contributed by atoms with van der Waals surface area (Å²) in [4.78, 5) is 13.3. The number of aromatic nitrogens is 4. The Labute approximate surface area is 194 Å². The summed E-state index contributed by atoms with van der Waals surface area (Å²) in [6.07, 6.45) is 0. The molecule has 0 aliphatic carbocycles. The van der Waals surface area contributed by atoms with Gasteiger partial charge in [0.25, 0.3) is 0 Å². The summed E-state index contributed by atoms with van der Waals surface area (Å²) in [6.45, 7) is 0.507. The first kappa shape index (κ1) is 21.9. The van der Waals surface area contributed by atoms with Crippen LogP contribution in [-0.4, -0.2) is 33.2 Å². The number of carbonyl (C=O) groups excluding carboxylic acids is 1. The number of ether oxygens (including phenoxy) is 1. The van der Waals surface area contributed by atoms with Gasteiger partial charge in [0.15, 0.2) is 0 Å². The van der Waals surface area contributed by atoms with Crippen molar-refractivity contribution in [2.45, 2.75) is 17.0 Å². The number of halogens is 1. The molecule has 0 aliphatic rings. The Balaban J connectivity index is 1.58. The number of methoxy groups -OCH3 is 1. The van der Waals surface area contributed by atoms with E-state index < -0.39 is 5.25 Å². The Hall–Kier alpha value is -3.36. The highest BCUT2D eigenvalue weighted by Crippen LogP contribution is 2.36. The molecule has 162 valence electrons. The number of thioether (sulfide) groups is 1. The highest BCUT2D eigenvalue weighted by atomic mass is 35.5. The van der Waals surface area contributed by atoms with Gasteiger partial charge >= 0.3 is 0 Å². The molecule has 1 unspecified atom stereocenters. The van der Waals surface area contributed by atoms with Gasteiger partial charge in [-0.15, -0.1) is 5.10 Å². The minimum atomic E-state index is -0.572. The molecule has 9 heteroatoms. The van der Waals surface area contributed by atoms with Crippen molar-refractivity contribution in [3.63, 3.8) is 0 Å². The number of nitrogens with one attached hydrogen (secondary N) is 1. The Morgan fingerprint density at radius 2 is 1.81 bits per heavy atom. The van der Waals surface area contributed by atoms with Gasteiger partial charge in [0.05, 0.1) is 18.7 Å². The van der Waals surface area contributed by atoms with Crippen molar-refractivity contribution in [3.8, 4) is 5.75 Å². The van der Waals surface area contributed by atoms with E-state index in [1.54, 1.807) is 30.0 Å². The lowest BCUT2D eigenvalue weighted by Crippen LogP contribution is -2.19. The summed E-state index contributed by atoms with van der Waals surface area (Å²) in [5.74, 6) is 0.329. The van der Waals surface area contributed by atoms with Crippen molar-refractivity contribution in [1.82, 2.24) is 20.2 Å². The van der Waals surface area contributed by atoms with E-state index >= 15 is 0 Å². The fourth-order valence-electron chi connectivity index (χ4n) is 3.09. The van der Waals surface area contributed by atoms with Gasteiger partial charge in [0.2, 0.25) is 11.1 Å². The Morgan fingerprint density at radius 1 is 1.09 bits per heavy atom. The van der Waals surface area contributed by atoms with Crippen LogP contribution in [0.2, 0.25) is 5.02 Å². The average Bonchev–Trinajstić information content (AvgIpc) is 3.25. The molecule has 1 aromatic heterocycles. The Bertz CT molecular complexity index is 1190. The summed E-state index contributed by atoms with van der Waals surface area (Å²) in [7, 11) is 1.54. The molecule has 0 aliphatic heterocycles. The maximum Gasteiger partial charge on any atom is 0.242 e. The van der Waals surface area contributed by atoms with E-state index in [1.807, 2.05) is 60.7 Å². The standard InChI is InChI=1S/C23H20ClN5O2S/c1-31-20-13-12-18(14-19(20)24)25-22(30)21(17-10-6-3-7-11-17)32-23-26-27-28-29(23)15-16-8-4-2-5-9-16/h2-14,21H,15H2,1H3,(H,25,30). The van der Waals surface area contributed by atoms with Crippen LogP contribution in [-0.2, 0) is 11.3 Å². The number of carbonyl (C=O) groups is 1. The molecule has 0 saturated carbocycles. The second-order valence-corrected chi connectivity index (χ2v) is 8.33. The number of nitrogens with zero attached hydrogens (tertiary/aromatic N) is 4. The first-order valence-electron chi connectivity index (χ1n) is 9.80. The molecule has 0 saturated heterocycles. The van der Waals surface area contributed by atoms with Crippen LogP contribution in [0.3, 0.4) is 0 Å². The van der Waals surface area contributed by atoms with Crippen LogP contribution in [0.15, 0.2) is 84.0 Å². The van der Waals surface area contributed by atoms with Crippen LogP contribution in [0.5, 0.6) is 5.75 Å². The summed E-state index contributed by atoms with van der Waals surface area (Å²) in [6, 6.07) is 24.5. The third-order valence-electron chi connectivity index (χ3n) is 4.66. The molecule has 0 radical (unpaired) electrons. The van der Waals surface area contributed by atoms with E-state index in [4.69, 9.17) is 16.3 Å². The van der Waals surface area contributed by atoms with Crippen LogP contribution >= 0.6 is 23.4 Å². The minimum absolute atomic E-state index is 0.211. The zero-order chi connectivity index (χ0) is 22.3. The lowest BCUT2D eigenvalue weighted by Gasteiger charge is -2.17. The van der Waals surface area contributed by atoms with E-state index in [0.29, 0.717) is 28.2 Å². The number of hydrogen-bond donors (Lipinski definition) is 1. The quantitative estimate of drug-likeness (QED) is 0.374. The van der Waals surface area contributed by atoms with Crippen molar-refractivity contribution >= 4 is 35.0 Å². The molecule has 32 heavy (non-hydrogen) atoms. The van der Waals surface area contributed by atoms with Gasteiger partial charge in [-0.25, -0.2) is 4.68 Å². The van der Waals surface area contributed by atoms with Gasteiger partial charge in [-0.1, -0.05) is 84.0 Å². The zero-order valence-corrected chi connectivity index (χ0v) is 18.8. The molecule has 0 fully saturated rings. The number of benzene rings is 3. The monoisotopic (exact) mass is 465 g/mol. The average molecular weight is 466 g/mol. The zero-order valence-electron chi connectivity index (χ0n) is 17.2. The van der Waals surface area contributed by atoms with E-state index in [0.717, 1.165) is 11.1 Å². The van der Waals surface area contributed by atoms with Crippen molar-refractivity contribution in [2.75, 3.05) is 12.4 Å². The van der Waals surface area contributed by atoms with Gasteiger partial charge in [0.1, 0.15) is 11.0 Å². The molecular weight excluding hydrogens is 446 g/mol. The molecule has 4 aromatic rings. The van der Waals surface area contributed by atoms with E-state index in [-0.39, 0.29) is 5.91 Å². The largest absolute Gasteiger partial charge is 0.495 e. The summed E-state index contributed by atoms with van der Waals surface area (Å²) < 4.78 is 6.87. The Kier molecular flexibility index (Phi) is 7.03. The predicted molar refractivity (Wildman–Crippen MR) is 125 cm³/mol. The highest BCUT2D eigenvalue weighted by molar-refractivity contribution is 8.00. The molecule has 7 nitrogen and oxygen atoms in total. The van der Waals surface area contributed by atoms with E-state index in [9.17, 15) is 4.79 Å². The highest BCUT2D eigenvalue weighted by Gasteiger charge is 2.25. The molecular formula is C23H20ClN5O2S. The first-order valence-corrected chi connectivity index (χ1v) is 11.1. The third-order valence-corrected chi connectivity index (χ3v) is 6.18. The van der Waals surface area contributed by atoms with Crippen molar-refractivity contribution in [3.05, 3.63) is 95.0 Å². The molecule has 1 heterocycles. The van der Waals surface area contributed by atoms with Gasteiger partial charge in [0, 0.05) is 5.69 Å². The van der Waals surface area contributed by atoms with Crippen LogP contribution < -0.4 is 10.1 Å². The topological polar surface area (TPSA) is 81.9 Å². The fourth-order valence-corrected chi connectivity index (χ4v) is 4.33. The first-order chi connectivity index (χ1) is 15.6. The van der Waals surface area contributed by atoms with Crippen LogP contribution in [0.4, 0.5) is 5.69 Å². The number of rotatable bonds is 8. The van der Waals surface area contributed by atoms with E-state index in [1.165, 1.54) is 11.8 Å². The molecule has 1 N–H and O–H groups in total. The fraction of sp³-hybridized carbons (Fsp3) is 0.130. The second kappa shape index (κ2) is 10.3. The minimum Gasteiger partial charge on any atom is -0.495 e. The maximum atomic E-state index is 13.3. The van der Waals surface area contributed by atoms with Crippen LogP contribution in [0, 0.1) is 0 Å². The van der Waals surface area contributed by atoms with Gasteiger partial charge in [-0.3, -0.25) is 4.79 Å². The van der Waals surface area contributed by atoms with Crippen molar-refractivity contribution in [2.24, 2.45) is 0 Å². The number of hydrogen-bond acceptors (Lipinski definition) is 6. The van der Waals surface area contributed by atoms with Crippen molar-refractivity contribution < 1.29 is 9.53 Å². The summed E-state index contributed by atoms with van der Waals surface area (Å²) in [5, 5.41) is 15.4. The number of tetrazole rings is 1. The molecule has 0 bridgehead atoms. The maximum absolute atomic E-state index is 13.3. The Morgan fingerprint density at radius 3 is 2.50 bits per heavy atom. The molecule has 1 amide bonds. The summed E-state index contributed by atoms with van der Waals surface area (Å²) >= 11 is 7.50. The number of anilines is 1. The van der Waals surface area contributed by atoms with Gasteiger partial charge < -0.3 is 10.1 Å². The molecule has 1 atom stereocenters. The predicted octanol–water partition coefficient (Wildman–Crippen LogP) is 4.86. The lowest BCUT2D eigenvalue weighted by molar-refractivity contribution is -0.115. The second-order valence-electron chi connectivity index (χ2n) is 6.85. The van der Waals surface area contributed by atoms with Crippen molar-refractivity contribution in [1.29, 1.82) is 0 Å². The normalized spacial score (nSPS) is 11.7. The number of amides is 1. The third kappa shape index (κ3) is 5.27. The summed E-state index contributed by atoms with van der Waals surface area (Å²) in [5.41, 5.74) is 2.48.